The maximum atomic E-state index is 12.1. The van der Waals surface area contributed by atoms with Gasteiger partial charge in [0.15, 0.2) is 11.3 Å². The van der Waals surface area contributed by atoms with E-state index in [-0.39, 0.29) is 17.1 Å². The van der Waals surface area contributed by atoms with E-state index in [0.717, 1.165) is 5.56 Å². The smallest absolute Gasteiger partial charge is 0.293 e. The number of hydrogen-bond donors (Lipinski definition) is 1. The van der Waals surface area contributed by atoms with E-state index in [1.54, 1.807) is 25.5 Å². The molecule has 7 nitrogen and oxygen atoms in total. The number of aromatic nitrogens is 3. The number of pyridine rings is 1. The fourth-order valence-corrected chi connectivity index (χ4v) is 2.53. The molecule has 118 valence electrons. The van der Waals surface area contributed by atoms with Gasteiger partial charge < -0.3 is 19.5 Å². The van der Waals surface area contributed by atoms with Crippen LogP contribution in [0.5, 0.6) is 5.75 Å². The van der Waals surface area contributed by atoms with Crippen molar-refractivity contribution in [2.75, 3.05) is 12.3 Å². The molecule has 7 heteroatoms. The van der Waals surface area contributed by atoms with E-state index in [9.17, 15) is 4.79 Å². The molecule has 1 saturated carbocycles. The Morgan fingerprint density at radius 2 is 2.30 bits per heavy atom. The zero-order valence-corrected chi connectivity index (χ0v) is 12.7. The first-order valence-corrected chi connectivity index (χ1v) is 7.46. The Morgan fingerprint density at radius 1 is 1.48 bits per heavy atom. The predicted molar refractivity (Wildman–Crippen MR) is 85.1 cm³/mol. The number of aryl methyl sites for hydroxylation is 1. The van der Waals surface area contributed by atoms with Gasteiger partial charge in [-0.2, -0.15) is 0 Å². The third-order valence-electron chi connectivity index (χ3n) is 3.99. The Hall–Kier alpha value is -2.83. The molecule has 0 radical (unpaired) electrons. The van der Waals surface area contributed by atoms with E-state index in [2.05, 4.69) is 9.97 Å². The van der Waals surface area contributed by atoms with Crippen LogP contribution in [-0.4, -0.2) is 21.1 Å². The summed E-state index contributed by atoms with van der Waals surface area (Å²) in [7, 11) is 1.67. The van der Waals surface area contributed by atoms with Crippen LogP contribution in [0.3, 0.4) is 0 Å². The molecular weight excluding hydrogens is 296 g/mol. The van der Waals surface area contributed by atoms with Crippen LogP contribution in [0, 0.1) is 5.92 Å². The van der Waals surface area contributed by atoms with E-state index in [0.29, 0.717) is 29.4 Å². The second-order valence-electron chi connectivity index (χ2n) is 5.82. The van der Waals surface area contributed by atoms with Gasteiger partial charge >= 0.3 is 0 Å². The molecule has 3 aromatic heterocycles. The molecule has 1 fully saturated rings. The molecule has 0 aromatic carbocycles. The topological polar surface area (TPSA) is 96.2 Å². The Bertz CT molecular complexity index is 940. The summed E-state index contributed by atoms with van der Waals surface area (Å²) in [6, 6.07) is 1.75. The number of nitrogens with two attached hydrogens (primary N) is 1. The molecule has 1 aliphatic rings. The lowest BCUT2D eigenvalue weighted by atomic mass is 10.1. The lowest BCUT2D eigenvalue weighted by molar-refractivity contribution is 0.299. The first kappa shape index (κ1) is 13.8. The van der Waals surface area contributed by atoms with Gasteiger partial charge in [-0.1, -0.05) is 0 Å². The molecule has 3 heterocycles. The normalized spacial score (nSPS) is 14.3. The van der Waals surface area contributed by atoms with Gasteiger partial charge in [0.05, 0.1) is 19.1 Å². The van der Waals surface area contributed by atoms with Crippen molar-refractivity contribution in [3.63, 3.8) is 0 Å². The molecule has 4 rings (SSSR count). The maximum absolute atomic E-state index is 12.1. The molecule has 1 aliphatic carbocycles. The van der Waals surface area contributed by atoms with Crippen molar-refractivity contribution in [3.8, 4) is 17.0 Å². The van der Waals surface area contributed by atoms with Gasteiger partial charge in [0.1, 0.15) is 5.69 Å². The van der Waals surface area contributed by atoms with Gasteiger partial charge in [-0.25, -0.2) is 9.97 Å². The van der Waals surface area contributed by atoms with Crippen molar-refractivity contribution in [3.05, 3.63) is 35.1 Å². The number of ether oxygens (including phenoxy) is 1. The summed E-state index contributed by atoms with van der Waals surface area (Å²) in [4.78, 5) is 20.5. The average molecular weight is 312 g/mol. The van der Waals surface area contributed by atoms with Crippen molar-refractivity contribution in [2.24, 2.45) is 13.0 Å². The molecule has 0 atom stereocenters. The summed E-state index contributed by atoms with van der Waals surface area (Å²) in [5, 5.41) is 0.683. The highest BCUT2D eigenvalue weighted by Gasteiger charge is 2.24. The number of fused-ring (bicyclic) bond motifs is 1. The Labute approximate surface area is 131 Å². The lowest BCUT2D eigenvalue weighted by Gasteiger charge is -2.12. The molecular formula is C16H16N4O3. The molecule has 0 bridgehead atoms. The minimum absolute atomic E-state index is 0.157. The van der Waals surface area contributed by atoms with Crippen LogP contribution < -0.4 is 16.0 Å². The lowest BCUT2D eigenvalue weighted by Crippen LogP contribution is -2.16. The van der Waals surface area contributed by atoms with Crippen LogP contribution in [0.15, 0.2) is 33.9 Å². The Balaban J connectivity index is 1.89. The summed E-state index contributed by atoms with van der Waals surface area (Å²) in [6.45, 7) is 0.639. The van der Waals surface area contributed by atoms with E-state index >= 15 is 0 Å². The number of anilines is 1. The number of hydrogen-bond acceptors (Lipinski definition) is 6. The van der Waals surface area contributed by atoms with E-state index in [4.69, 9.17) is 14.9 Å². The van der Waals surface area contributed by atoms with Crippen molar-refractivity contribution >= 4 is 16.9 Å². The highest BCUT2D eigenvalue weighted by atomic mass is 16.5. The van der Waals surface area contributed by atoms with Crippen LogP contribution in [-0.2, 0) is 7.05 Å². The van der Waals surface area contributed by atoms with Crippen molar-refractivity contribution in [2.45, 2.75) is 12.8 Å². The predicted octanol–water partition coefficient (Wildman–Crippen LogP) is 1.96. The standard InChI is InChI=1S/C16H16N4O3/c1-20-7-11(10-4-5-22-14(10)15(20)21)13-12(6-18-16(17)19-13)23-8-9-2-3-9/h4-7,9H,2-3,8H2,1H3,(H2,17,18,19). The molecule has 0 unspecified atom stereocenters. The van der Waals surface area contributed by atoms with Gasteiger partial charge in [-0.15, -0.1) is 0 Å². The van der Waals surface area contributed by atoms with Crippen molar-refractivity contribution in [1.29, 1.82) is 0 Å². The highest BCUT2D eigenvalue weighted by molar-refractivity contribution is 5.93. The molecule has 3 aromatic rings. The molecule has 0 saturated heterocycles. The molecule has 0 spiro atoms. The summed E-state index contributed by atoms with van der Waals surface area (Å²) in [5.41, 5.74) is 7.14. The zero-order valence-electron chi connectivity index (χ0n) is 12.7. The first-order chi connectivity index (χ1) is 11.1. The van der Waals surface area contributed by atoms with Crippen LogP contribution in [0.1, 0.15) is 12.8 Å². The zero-order chi connectivity index (χ0) is 16.0. The van der Waals surface area contributed by atoms with Crippen LogP contribution in [0.4, 0.5) is 5.95 Å². The van der Waals surface area contributed by atoms with Crippen LogP contribution in [0.2, 0.25) is 0 Å². The minimum Gasteiger partial charge on any atom is -0.489 e. The van der Waals surface area contributed by atoms with E-state index in [1.807, 2.05) is 0 Å². The molecule has 23 heavy (non-hydrogen) atoms. The minimum atomic E-state index is -0.198. The molecule has 0 aliphatic heterocycles. The molecule has 0 amide bonds. The number of nitrogen functional groups attached to an aromatic ring is 1. The average Bonchev–Trinajstić information content (AvgIpc) is 3.24. The Kier molecular flexibility index (Phi) is 3.07. The van der Waals surface area contributed by atoms with Crippen LogP contribution in [0.25, 0.3) is 22.2 Å². The summed E-state index contributed by atoms with van der Waals surface area (Å²) >= 11 is 0. The van der Waals surface area contributed by atoms with Gasteiger partial charge in [0.25, 0.3) is 5.56 Å². The second kappa shape index (κ2) is 5.12. The quantitative estimate of drug-likeness (QED) is 0.791. The SMILES string of the molecule is Cn1cc(-c2nc(N)ncc2OCC2CC2)c2ccoc2c1=O. The first-order valence-electron chi connectivity index (χ1n) is 7.46. The van der Waals surface area contributed by atoms with E-state index in [1.165, 1.54) is 23.7 Å². The summed E-state index contributed by atoms with van der Waals surface area (Å²) < 4.78 is 12.7. The monoisotopic (exact) mass is 312 g/mol. The summed E-state index contributed by atoms with van der Waals surface area (Å²) in [5.74, 6) is 1.32. The molecule has 2 N–H and O–H groups in total. The third kappa shape index (κ3) is 2.44. The third-order valence-corrected chi connectivity index (χ3v) is 3.99. The van der Waals surface area contributed by atoms with Gasteiger partial charge in [0, 0.05) is 24.2 Å². The number of rotatable bonds is 4. The maximum Gasteiger partial charge on any atom is 0.293 e. The van der Waals surface area contributed by atoms with E-state index < -0.39 is 0 Å². The number of furan rings is 1. The van der Waals surface area contributed by atoms with Crippen molar-refractivity contribution in [1.82, 2.24) is 14.5 Å². The van der Waals surface area contributed by atoms with Gasteiger partial charge in [0.2, 0.25) is 5.95 Å². The van der Waals surface area contributed by atoms with Crippen molar-refractivity contribution < 1.29 is 9.15 Å². The second-order valence-corrected chi connectivity index (χ2v) is 5.82. The van der Waals surface area contributed by atoms with Gasteiger partial charge in [-0.3, -0.25) is 4.79 Å². The number of nitrogens with zero attached hydrogens (tertiary/aromatic N) is 3. The fraction of sp³-hybridized carbons (Fsp3) is 0.312. The largest absolute Gasteiger partial charge is 0.489 e. The summed E-state index contributed by atoms with van der Waals surface area (Å²) in [6.07, 6.45) is 7.17. The Morgan fingerprint density at radius 3 is 3.09 bits per heavy atom. The van der Waals surface area contributed by atoms with Crippen LogP contribution >= 0.6 is 0 Å². The fourth-order valence-electron chi connectivity index (χ4n) is 2.53. The highest BCUT2D eigenvalue weighted by Crippen LogP contribution is 2.35. The van der Waals surface area contributed by atoms with Gasteiger partial charge in [-0.05, 0) is 24.8 Å².